The Hall–Kier alpha value is -5.81. The summed E-state index contributed by atoms with van der Waals surface area (Å²) < 4.78 is 165. The summed E-state index contributed by atoms with van der Waals surface area (Å²) in [7, 11) is -2.12. The normalized spacial score (nSPS) is 13.2. The summed E-state index contributed by atoms with van der Waals surface area (Å²) in [5, 5.41) is 4.55. The van der Waals surface area contributed by atoms with E-state index in [0.29, 0.717) is 26.8 Å². The molecule has 0 atom stereocenters. The van der Waals surface area contributed by atoms with E-state index in [-0.39, 0.29) is 10.8 Å². The first kappa shape index (κ1) is 40.0. The Bertz CT molecular complexity index is 2740. The highest BCUT2D eigenvalue weighted by Gasteiger charge is 2.53. The molecule has 1 heterocycles. The van der Waals surface area contributed by atoms with Crippen molar-refractivity contribution in [2.75, 3.05) is 0 Å². The van der Waals surface area contributed by atoms with E-state index in [1.54, 1.807) is 42.5 Å². The summed E-state index contributed by atoms with van der Waals surface area (Å²) in [6, 6.07) is 30.1. The Labute approximate surface area is 332 Å². The van der Waals surface area contributed by atoms with Crippen LogP contribution in [-0.2, 0) is 0 Å². The maximum absolute atomic E-state index is 16.0. The van der Waals surface area contributed by atoms with Gasteiger partial charge in [-0.15, -0.1) is 0 Å². The van der Waals surface area contributed by atoms with Crippen molar-refractivity contribution in [1.29, 1.82) is 0 Å². The number of hydrogen-bond acceptors (Lipinski definition) is 2. The van der Waals surface area contributed by atoms with E-state index in [9.17, 15) is 8.78 Å². The number of halogens is 10. The second-order valence-corrected chi connectivity index (χ2v) is 16.5. The molecule has 8 aromatic carbocycles. The van der Waals surface area contributed by atoms with E-state index < -0.39 is 95.1 Å². The molecule has 8 aromatic rings. The lowest BCUT2D eigenvalue weighted by Gasteiger charge is -2.38. The second kappa shape index (κ2) is 15.4. The van der Waals surface area contributed by atoms with Gasteiger partial charge in [-0.05, 0) is 52.0 Å². The first-order valence-electron chi connectivity index (χ1n) is 18.6. The highest BCUT2D eigenvalue weighted by atomic mass is 31.1. The lowest BCUT2D eigenvalue weighted by atomic mass is 9.45. The largest absolute Gasteiger partial charge is 0.673 e. The Morgan fingerprint density at radius 1 is 0.424 bits per heavy atom. The third-order valence-corrected chi connectivity index (χ3v) is 13.4. The summed E-state index contributed by atoms with van der Waals surface area (Å²) in [6.45, 7) is -0.618. The van der Waals surface area contributed by atoms with Gasteiger partial charge in [-0.3, -0.25) is 0 Å². The predicted molar refractivity (Wildman–Crippen MR) is 214 cm³/mol. The van der Waals surface area contributed by atoms with Crippen LogP contribution in [0.15, 0.2) is 103 Å². The van der Waals surface area contributed by atoms with Gasteiger partial charge in [-0.25, -0.2) is 43.9 Å². The molecule has 0 radical (unpaired) electrons. The summed E-state index contributed by atoms with van der Waals surface area (Å²) in [5.74, 6) is -27.2. The Morgan fingerprint density at radius 2 is 0.847 bits per heavy atom. The van der Waals surface area contributed by atoms with Crippen molar-refractivity contribution >= 4 is 73.6 Å². The fraction of sp³-hybridized carbons (Fsp3) is 0.111. The maximum atomic E-state index is 16.0. The Balaban J connectivity index is 0.000000915. The van der Waals surface area contributed by atoms with Crippen LogP contribution < -0.4 is 36.1 Å². The van der Waals surface area contributed by atoms with Crippen molar-refractivity contribution in [3.8, 4) is 11.5 Å². The van der Waals surface area contributed by atoms with Crippen molar-refractivity contribution in [2.24, 2.45) is 0 Å². The number of benzene rings is 8. The van der Waals surface area contributed by atoms with Crippen LogP contribution >= 0.6 is 7.92 Å². The highest BCUT2D eigenvalue weighted by molar-refractivity contribution is 7.80. The van der Waals surface area contributed by atoms with Crippen LogP contribution in [0.1, 0.15) is 33.1 Å². The third-order valence-electron chi connectivity index (χ3n) is 10.6. The van der Waals surface area contributed by atoms with Gasteiger partial charge < -0.3 is 9.31 Å². The van der Waals surface area contributed by atoms with E-state index in [1.165, 1.54) is 25.3 Å². The highest BCUT2D eigenvalue weighted by Crippen LogP contribution is 2.53. The van der Waals surface area contributed by atoms with Crippen LogP contribution in [-0.4, -0.2) is 6.55 Å². The number of hydrogen-bond donors (Lipinski definition) is 0. The molecule has 0 fully saturated rings. The quantitative estimate of drug-likeness (QED) is 0.0398. The molecule has 59 heavy (non-hydrogen) atoms. The van der Waals surface area contributed by atoms with Crippen LogP contribution in [0.2, 0.25) is 0 Å². The fourth-order valence-electron chi connectivity index (χ4n) is 7.98. The molecular weight excluding hydrogens is 804 g/mol. The monoisotopic (exact) mass is 834 g/mol. The molecule has 14 heteroatoms. The molecule has 300 valence electrons. The van der Waals surface area contributed by atoms with Gasteiger partial charge in [0.25, 0.3) is 0 Å². The zero-order valence-corrected chi connectivity index (χ0v) is 32.1. The molecule has 0 bridgehead atoms. The molecule has 0 amide bonds. The average molecular weight is 834 g/mol. The van der Waals surface area contributed by atoms with E-state index in [2.05, 4.69) is 13.8 Å². The van der Waals surface area contributed by atoms with Crippen molar-refractivity contribution in [1.82, 2.24) is 0 Å². The first-order valence-corrected chi connectivity index (χ1v) is 20.1. The molecule has 2 nitrogen and oxygen atoms in total. The lowest BCUT2D eigenvalue weighted by molar-refractivity contribution is 0.372. The molecule has 0 aromatic heterocycles. The maximum Gasteiger partial charge on any atom is 0.418 e. The molecule has 0 saturated carbocycles. The van der Waals surface area contributed by atoms with Gasteiger partial charge in [-0.1, -0.05) is 106 Å². The van der Waals surface area contributed by atoms with Crippen LogP contribution in [0.4, 0.5) is 43.9 Å². The van der Waals surface area contributed by atoms with E-state index in [1.807, 2.05) is 54.6 Å². The van der Waals surface area contributed by atoms with Crippen LogP contribution in [0.5, 0.6) is 11.5 Å². The summed E-state index contributed by atoms with van der Waals surface area (Å²) >= 11 is 0. The minimum absolute atomic E-state index is 0.0995. The molecule has 9 rings (SSSR count). The van der Waals surface area contributed by atoms with Gasteiger partial charge in [0.05, 0.1) is 13.3 Å². The van der Waals surface area contributed by atoms with Gasteiger partial charge in [0.2, 0.25) is 0 Å². The predicted octanol–water partition coefficient (Wildman–Crippen LogP) is 10.7. The molecule has 1 aliphatic heterocycles. The number of unbranched alkanes of at least 4 members (excludes halogenated alkanes) is 2. The van der Waals surface area contributed by atoms with Crippen molar-refractivity contribution in [2.45, 2.75) is 33.1 Å². The van der Waals surface area contributed by atoms with Crippen molar-refractivity contribution < 1.29 is 53.2 Å². The first-order chi connectivity index (χ1) is 28.4. The van der Waals surface area contributed by atoms with E-state index in [0.717, 1.165) is 10.6 Å². The zero-order chi connectivity index (χ0) is 41.9. The van der Waals surface area contributed by atoms with Crippen LogP contribution in [0.25, 0.3) is 32.3 Å². The molecule has 0 aliphatic carbocycles. The molecule has 0 spiro atoms. The molecular formula is C45H30BF10O2P. The van der Waals surface area contributed by atoms with Crippen LogP contribution in [0, 0.1) is 58.2 Å². The molecule has 0 N–H and O–H groups in total. The Kier molecular flexibility index (Phi) is 10.5. The second-order valence-electron chi connectivity index (χ2n) is 14.1. The van der Waals surface area contributed by atoms with Crippen LogP contribution in [0.3, 0.4) is 0 Å². The topological polar surface area (TPSA) is 18.5 Å². The summed E-state index contributed by atoms with van der Waals surface area (Å²) in [6.07, 6.45) is 4.08. The fourth-order valence-corrected chi connectivity index (χ4v) is 10.7. The number of fused-ring (bicyclic) bond motifs is 3. The molecule has 0 saturated heterocycles. The zero-order valence-electron chi connectivity index (χ0n) is 31.1. The summed E-state index contributed by atoms with van der Waals surface area (Å²) in [5.41, 5.74) is -4.16. The number of rotatable bonds is 7. The third kappa shape index (κ3) is 6.15. The lowest BCUT2D eigenvalue weighted by Crippen LogP contribution is -2.70. The average Bonchev–Trinajstić information content (AvgIpc) is 3.65. The Morgan fingerprint density at radius 3 is 1.31 bits per heavy atom. The van der Waals surface area contributed by atoms with Gasteiger partial charge in [0, 0.05) is 16.2 Å². The smallest absolute Gasteiger partial charge is 0.418 e. The molecule has 1 aliphatic rings. The van der Waals surface area contributed by atoms with Gasteiger partial charge in [0.15, 0.2) is 34.9 Å². The van der Waals surface area contributed by atoms with Crippen molar-refractivity contribution in [3.63, 3.8) is 0 Å². The minimum Gasteiger partial charge on any atom is -0.673 e. The SMILES string of the molecule is CCCCC.Fc1c(F)c(F)c([B-]2(c3c(F)c(F)c(F)c(F)c3F)Oc3c(c4c([PH+](c5ccccc5)c5ccccc5)ccc5ccc6cccc3c6c54)O2)c(F)c1F. The van der Waals surface area contributed by atoms with E-state index in [4.69, 9.17) is 9.31 Å². The van der Waals surface area contributed by atoms with E-state index >= 15 is 35.1 Å². The van der Waals surface area contributed by atoms with Gasteiger partial charge in [0.1, 0.15) is 50.7 Å². The molecule has 0 unspecified atom stereocenters. The van der Waals surface area contributed by atoms with Crippen molar-refractivity contribution in [3.05, 3.63) is 161 Å². The summed E-state index contributed by atoms with van der Waals surface area (Å²) in [4.78, 5) is 0. The van der Waals surface area contributed by atoms with Gasteiger partial charge in [-0.2, -0.15) is 0 Å². The minimum atomic E-state index is -5.04. The standard InChI is InChI=1S/C40H17BF10O2P.C5H12/c42-29-27(30(43)34(47)37(50)33(29)46)41(28-31(44)35(48)38(51)36(49)32(28)45)52-39-22-13-7-8-18-14-15-19-16-17-23(26(40(39)53-41)25(19)24(18)22)54(20-9-3-1-4-10-20)21-11-5-2-6-12-21;1-3-5-4-2/h1-17H;3-5H2,1-2H3/q-1;/p+1. The van der Waals surface area contributed by atoms with Gasteiger partial charge >= 0.3 is 6.55 Å².